The summed E-state index contributed by atoms with van der Waals surface area (Å²) in [7, 11) is 0. The third-order valence-corrected chi connectivity index (χ3v) is 2.87. The number of aromatic nitrogens is 1. The Morgan fingerprint density at radius 2 is 2.13 bits per heavy atom. The molecule has 0 spiro atoms. The maximum absolute atomic E-state index is 11.6. The number of rotatable bonds is 3. The number of hydrogen-bond donors (Lipinski definition) is 2. The molecule has 0 aliphatic rings. The molecule has 82 valence electrons. The molecular formula is C11H16N2OS. The second-order valence-corrected chi connectivity index (χ2v) is 4.49. The van der Waals surface area contributed by atoms with Crippen LogP contribution in [0.25, 0.3) is 0 Å². The van der Waals surface area contributed by atoms with Crippen LogP contribution in [0.15, 0.2) is 18.5 Å². The summed E-state index contributed by atoms with van der Waals surface area (Å²) in [5.74, 6) is 0.131. The van der Waals surface area contributed by atoms with Crippen LogP contribution in [0.3, 0.4) is 0 Å². The largest absolute Gasteiger partial charge is 0.324 e. The van der Waals surface area contributed by atoms with Crippen LogP contribution in [0.1, 0.15) is 19.4 Å². The van der Waals surface area contributed by atoms with Gasteiger partial charge in [0.25, 0.3) is 0 Å². The average molecular weight is 224 g/mol. The number of amides is 1. The number of nitrogens with zero attached hydrogens (tertiary/aromatic N) is 1. The molecule has 4 heteroatoms. The van der Waals surface area contributed by atoms with Crippen molar-refractivity contribution in [3.05, 3.63) is 24.0 Å². The monoisotopic (exact) mass is 224 g/mol. The van der Waals surface area contributed by atoms with Gasteiger partial charge in [0, 0.05) is 6.20 Å². The van der Waals surface area contributed by atoms with E-state index in [1.807, 2.05) is 26.8 Å². The Bertz CT molecular complexity index is 352. The fourth-order valence-corrected chi connectivity index (χ4v) is 1.21. The van der Waals surface area contributed by atoms with Gasteiger partial charge in [-0.1, -0.05) is 13.8 Å². The Kier molecular flexibility index (Phi) is 4.15. The Hall–Kier alpha value is -1.03. The maximum atomic E-state index is 11.6. The fourth-order valence-electron chi connectivity index (χ4n) is 1.14. The lowest BCUT2D eigenvalue weighted by Crippen LogP contribution is -2.27. The minimum absolute atomic E-state index is 0.0827. The molecule has 1 atom stereocenters. The Balaban J connectivity index is 2.66. The number of hydrogen-bond acceptors (Lipinski definition) is 3. The number of carbonyl (C=O) groups is 1. The molecule has 0 radical (unpaired) electrons. The summed E-state index contributed by atoms with van der Waals surface area (Å²) >= 11 is 4.24. The molecular weight excluding hydrogens is 208 g/mol. The number of anilines is 1. The van der Waals surface area contributed by atoms with Gasteiger partial charge in [0.15, 0.2) is 0 Å². The van der Waals surface area contributed by atoms with Gasteiger partial charge in [0.1, 0.15) is 0 Å². The van der Waals surface area contributed by atoms with E-state index >= 15 is 0 Å². The molecule has 0 aromatic carbocycles. The highest BCUT2D eigenvalue weighted by atomic mass is 32.1. The van der Waals surface area contributed by atoms with Gasteiger partial charge in [0.2, 0.25) is 5.91 Å². The van der Waals surface area contributed by atoms with Crippen LogP contribution in [-0.4, -0.2) is 16.1 Å². The lowest BCUT2D eigenvalue weighted by molar-refractivity contribution is -0.116. The zero-order chi connectivity index (χ0) is 11.4. The predicted molar refractivity (Wildman–Crippen MR) is 65.2 cm³/mol. The first-order valence-electron chi connectivity index (χ1n) is 4.91. The van der Waals surface area contributed by atoms with Crippen molar-refractivity contribution in [2.45, 2.75) is 26.0 Å². The molecule has 15 heavy (non-hydrogen) atoms. The first-order valence-corrected chi connectivity index (χ1v) is 5.43. The molecule has 1 rings (SSSR count). The van der Waals surface area contributed by atoms with Crippen molar-refractivity contribution >= 4 is 24.2 Å². The summed E-state index contributed by atoms with van der Waals surface area (Å²) < 4.78 is 0. The van der Waals surface area contributed by atoms with E-state index in [2.05, 4.69) is 22.9 Å². The standard InChI is InChI=1S/C11H16N2OS/c1-7(2)10(15)11(14)13-9-4-8(3)5-12-6-9/h4-7,10,15H,1-3H3,(H,13,14). The maximum Gasteiger partial charge on any atom is 0.237 e. The number of pyridine rings is 1. The molecule has 0 aliphatic heterocycles. The van der Waals surface area contributed by atoms with Crippen LogP contribution in [0.5, 0.6) is 0 Å². The zero-order valence-electron chi connectivity index (χ0n) is 9.19. The van der Waals surface area contributed by atoms with Gasteiger partial charge < -0.3 is 5.32 Å². The quantitative estimate of drug-likeness (QED) is 0.773. The average Bonchev–Trinajstić information content (AvgIpc) is 2.16. The van der Waals surface area contributed by atoms with E-state index in [0.717, 1.165) is 11.3 Å². The van der Waals surface area contributed by atoms with E-state index in [0.29, 0.717) is 0 Å². The number of carbonyl (C=O) groups excluding carboxylic acids is 1. The molecule has 1 amide bonds. The van der Waals surface area contributed by atoms with Crippen molar-refractivity contribution in [1.29, 1.82) is 0 Å². The molecule has 0 aliphatic carbocycles. The van der Waals surface area contributed by atoms with E-state index in [1.54, 1.807) is 12.4 Å². The second-order valence-electron chi connectivity index (χ2n) is 3.93. The third-order valence-electron chi connectivity index (χ3n) is 2.04. The summed E-state index contributed by atoms with van der Waals surface area (Å²) in [6, 6.07) is 1.88. The lowest BCUT2D eigenvalue weighted by Gasteiger charge is -2.14. The Morgan fingerprint density at radius 3 is 2.67 bits per heavy atom. The van der Waals surface area contributed by atoms with E-state index in [1.165, 1.54) is 0 Å². The van der Waals surface area contributed by atoms with Crippen LogP contribution < -0.4 is 5.32 Å². The topological polar surface area (TPSA) is 42.0 Å². The van der Waals surface area contributed by atoms with E-state index < -0.39 is 0 Å². The summed E-state index contributed by atoms with van der Waals surface area (Å²) in [5, 5.41) is 2.50. The second kappa shape index (κ2) is 5.16. The fraction of sp³-hybridized carbons (Fsp3) is 0.455. The third kappa shape index (κ3) is 3.55. The van der Waals surface area contributed by atoms with Gasteiger partial charge in [-0.05, 0) is 24.5 Å². The number of aryl methyl sites for hydroxylation is 1. The molecule has 0 bridgehead atoms. The molecule has 0 fully saturated rings. The van der Waals surface area contributed by atoms with Gasteiger partial charge in [-0.15, -0.1) is 0 Å². The normalized spacial score (nSPS) is 12.6. The van der Waals surface area contributed by atoms with Crippen LogP contribution >= 0.6 is 12.6 Å². The van der Waals surface area contributed by atoms with Crippen molar-refractivity contribution in [2.75, 3.05) is 5.32 Å². The van der Waals surface area contributed by atoms with E-state index in [9.17, 15) is 4.79 Å². The molecule has 1 N–H and O–H groups in total. The van der Waals surface area contributed by atoms with Crippen molar-refractivity contribution in [2.24, 2.45) is 5.92 Å². The molecule has 3 nitrogen and oxygen atoms in total. The summed E-state index contributed by atoms with van der Waals surface area (Å²) in [4.78, 5) is 15.7. The summed E-state index contributed by atoms with van der Waals surface area (Å²) in [5.41, 5.74) is 1.74. The SMILES string of the molecule is Cc1cncc(NC(=O)C(S)C(C)C)c1. The van der Waals surface area contributed by atoms with Crippen molar-refractivity contribution in [1.82, 2.24) is 4.98 Å². The molecule has 0 saturated carbocycles. The summed E-state index contributed by atoms with van der Waals surface area (Å²) in [6.07, 6.45) is 3.38. The van der Waals surface area contributed by atoms with Crippen LogP contribution in [-0.2, 0) is 4.79 Å². The predicted octanol–water partition coefficient (Wildman–Crippen LogP) is 2.28. The minimum Gasteiger partial charge on any atom is -0.324 e. The van der Waals surface area contributed by atoms with E-state index in [-0.39, 0.29) is 17.1 Å². The van der Waals surface area contributed by atoms with Crippen molar-refractivity contribution in [3.63, 3.8) is 0 Å². The number of thiol groups is 1. The minimum atomic E-state index is -0.287. The van der Waals surface area contributed by atoms with Gasteiger partial charge in [-0.25, -0.2) is 0 Å². The van der Waals surface area contributed by atoms with Gasteiger partial charge in [-0.2, -0.15) is 12.6 Å². The molecule has 1 aromatic rings. The summed E-state index contributed by atoms with van der Waals surface area (Å²) in [6.45, 7) is 5.86. The van der Waals surface area contributed by atoms with Crippen LogP contribution in [0.4, 0.5) is 5.69 Å². The highest BCUT2D eigenvalue weighted by Gasteiger charge is 2.17. The van der Waals surface area contributed by atoms with E-state index in [4.69, 9.17) is 0 Å². The van der Waals surface area contributed by atoms with Gasteiger partial charge >= 0.3 is 0 Å². The van der Waals surface area contributed by atoms with Crippen LogP contribution in [0, 0.1) is 12.8 Å². The van der Waals surface area contributed by atoms with Crippen molar-refractivity contribution < 1.29 is 4.79 Å². The van der Waals surface area contributed by atoms with Gasteiger partial charge in [-0.3, -0.25) is 9.78 Å². The molecule has 1 aromatic heterocycles. The highest BCUT2D eigenvalue weighted by molar-refractivity contribution is 7.81. The molecule has 0 saturated heterocycles. The zero-order valence-corrected chi connectivity index (χ0v) is 10.1. The molecule has 1 unspecified atom stereocenters. The lowest BCUT2D eigenvalue weighted by atomic mass is 10.1. The number of nitrogens with one attached hydrogen (secondary N) is 1. The highest BCUT2D eigenvalue weighted by Crippen LogP contribution is 2.13. The Morgan fingerprint density at radius 1 is 1.47 bits per heavy atom. The van der Waals surface area contributed by atoms with Crippen LogP contribution in [0.2, 0.25) is 0 Å². The van der Waals surface area contributed by atoms with Crippen molar-refractivity contribution in [3.8, 4) is 0 Å². The Labute approximate surface area is 95.7 Å². The van der Waals surface area contributed by atoms with Gasteiger partial charge in [0.05, 0.1) is 17.1 Å². The molecule has 1 heterocycles. The smallest absolute Gasteiger partial charge is 0.237 e. The first kappa shape index (κ1) is 12.0. The first-order chi connectivity index (χ1) is 7.00.